The van der Waals surface area contributed by atoms with Crippen molar-refractivity contribution in [3.63, 3.8) is 0 Å². The molecule has 0 unspecified atom stereocenters. The number of benzene rings is 1. The van der Waals surface area contributed by atoms with E-state index in [1.165, 1.54) is 5.56 Å². The van der Waals surface area contributed by atoms with E-state index in [2.05, 4.69) is 22.2 Å². The SMILES string of the molecule is CCc1ccc(NC(=O)C(=O)N2CCN(c3ncccn3)CC2)cc1. The lowest BCUT2D eigenvalue weighted by Gasteiger charge is -2.34. The molecule has 25 heavy (non-hydrogen) atoms. The van der Waals surface area contributed by atoms with Crippen molar-refractivity contribution in [3.8, 4) is 0 Å². The van der Waals surface area contributed by atoms with Crippen LogP contribution in [0.15, 0.2) is 42.7 Å². The van der Waals surface area contributed by atoms with Gasteiger partial charge in [0.25, 0.3) is 0 Å². The zero-order valence-corrected chi connectivity index (χ0v) is 14.2. The van der Waals surface area contributed by atoms with Gasteiger partial charge >= 0.3 is 11.8 Å². The number of amides is 2. The van der Waals surface area contributed by atoms with Crippen molar-refractivity contribution >= 4 is 23.5 Å². The molecule has 1 aromatic heterocycles. The fraction of sp³-hybridized carbons (Fsp3) is 0.333. The van der Waals surface area contributed by atoms with E-state index in [0.29, 0.717) is 37.8 Å². The van der Waals surface area contributed by atoms with Gasteiger partial charge in [-0.15, -0.1) is 0 Å². The lowest BCUT2D eigenvalue weighted by molar-refractivity contribution is -0.143. The van der Waals surface area contributed by atoms with Gasteiger partial charge in [0, 0.05) is 44.3 Å². The van der Waals surface area contributed by atoms with Crippen molar-refractivity contribution in [1.29, 1.82) is 0 Å². The van der Waals surface area contributed by atoms with Crippen LogP contribution in [-0.4, -0.2) is 52.9 Å². The molecule has 1 aliphatic rings. The van der Waals surface area contributed by atoms with Gasteiger partial charge in [-0.3, -0.25) is 9.59 Å². The number of nitrogens with zero attached hydrogens (tertiary/aromatic N) is 4. The maximum atomic E-state index is 12.3. The Labute approximate surface area is 146 Å². The summed E-state index contributed by atoms with van der Waals surface area (Å²) in [6.07, 6.45) is 4.32. The van der Waals surface area contributed by atoms with Crippen LogP contribution in [0.4, 0.5) is 11.6 Å². The van der Waals surface area contributed by atoms with E-state index in [0.717, 1.165) is 6.42 Å². The molecule has 1 saturated heterocycles. The highest BCUT2D eigenvalue weighted by atomic mass is 16.2. The number of anilines is 2. The molecule has 0 radical (unpaired) electrons. The van der Waals surface area contributed by atoms with Crippen LogP contribution in [0.2, 0.25) is 0 Å². The minimum Gasteiger partial charge on any atom is -0.337 e. The lowest BCUT2D eigenvalue weighted by atomic mass is 10.1. The number of carbonyl (C=O) groups excluding carboxylic acids is 2. The molecule has 1 aromatic carbocycles. The predicted octanol–water partition coefficient (Wildman–Crippen LogP) is 1.33. The van der Waals surface area contributed by atoms with Gasteiger partial charge in [-0.05, 0) is 30.2 Å². The summed E-state index contributed by atoms with van der Waals surface area (Å²) in [4.78, 5) is 36.5. The molecule has 0 bridgehead atoms. The Morgan fingerprint density at radius 2 is 1.68 bits per heavy atom. The highest BCUT2D eigenvalue weighted by molar-refractivity contribution is 6.39. The van der Waals surface area contributed by atoms with Crippen LogP contribution in [0.25, 0.3) is 0 Å². The van der Waals surface area contributed by atoms with E-state index in [-0.39, 0.29) is 0 Å². The number of aryl methyl sites for hydroxylation is 1. The quantitative estimate of drug-likeness (QED) is 0.854. The summed E-state index contributed by atoms with van der Waals surface area (Å²) in [6, 6.07) is 9.28. The highest BCUT2D eigenvalue weighted by Gasteiger charge is 2.26. The molecule has 7 heteroatoms. The third kappa shape index (κ3) is 4.12. The van der Waals surface area contributed by atoms with E-state index < -0.39 is 11.8 Å². The topological polar surface area (TPSA) is 78.4 Å². The van der Waals surface area contributed by atoms with Gasteiger partial charge in [0.15, 0.2) is 0 Å². The fourth-order valence-corrected chi connectivity index (χ4v) is 2.72. The van der Waals surface area contributed by atoms with Gasteiger partial charge in [-0.2, -0.15) is 0 Å². The largest absolute Gasteiger partial charge is 0.337 e. The van der Waals surface area contributed by atoms with E-state index >= 15 is 0 Å². The molecule has 1 fully saturated rings. The number of rotatable bonds is 3. The van der Waals surface area contributed by atoms with Crippen molar-refractivity contribution in [2.75, 3.05) is 36.4 Å². The average Bonchev–Trinajstić information content (AvgIpc) is 2.69. The predicted molar refractivity (Wildman–Crippen MR) is 95.3 cm³/mol. The van der Waals surface area contributed by atoms with E-state index in [9.17, 15) is 9.59 Å². The molecule has 2 amide bonds. The molecule has 7 nitrogen and oxygen atoms in total. The van der Waals surface area contributed by atoms with Gasteiger partial charge < -0.3 is 15.1 Å². The van der Waals surface area contributed by atoms with Crippen LogP contribution in [0.1, 0.15) is 12.5 Å². The van der Waals surface area contributed by atoms with E-state index in [1.54, 1.807) is 23.4 Å². The molecule has 0 atom stereocenters. The van der Waals surface area contributed by atoms with Gasteiger partial charge in [0.1, 0.15) is 0 Å². The van der Waals surface area contributed by atoms with Crippen LogP contribution in [0, 0.1) is 0 Å². The first-order chi connectivity index (χ1) is 12.2. The average molecular weight is 339 g/mol. The van der Waals surface area contributed by atoms with E-state index in [4.69, 9.17) is 0 Å². The summed E-state index contributed by atoms with van der Waals surface area (Å²) in [6.45, 7) is 4.22. The fourth-order valence-electron chi connectivity index (χ4n) is 2.72. The zero-order valence-electron chi connectivity index (χ0n) is 14.2. The molecule has 1 aliphatic heterocycles. The molecule has 2 heterocycles. The van der Waals surface area contributed by atoms with Crippen LogP contribution in [0.5, 0.6) is 0 Å². The summed E-state index contributed by atoms with van der Waals surface area (Å²) in [7, 11) is 0. The summed E-state index contributed by atoms with van der Waals surface area (Å²) >= 11 is 0. The van der Waals surface area contributed by atoms with Gasteiger partial charge in [-0.1, -0.05) is 19.1 Å². The molecular weight excluding hydrogens is 318 g/mol. The maximum absolute atomic E-state index is 12.3. The first-order valence-corrected chi connectivity index (χ1v) is 8.38. The Kier molecular flexibility index (Phi) is 5.23. The first kappa shape index (κ1) is 16.9. The molecular formula is C18H21N5O2. The van der Waals surface area contributed by atoms with Crippen molar-refractivity contribution in [3.05, 3.63) is 48.3 Å². The number of carbonyl (C=O) groups is 2. The normalized spacial score (nSPS) is 14.3. The standard InChI is InChI=1S/C18H21N5O2/c1-2-14-4-6-15(7-5-14)21-16(24)17(25)22-10-12-23(13-11-22)18-19-8-3-9-20-18/h3-9H,2,10-13H2,1H3,(H,21,24). The molecule has 0 spiro atoms. The van der Waals surface area contributed by atoms with Crippen LogP contribution < -0.4 is 10.2 Å². The van der Waals surface area contributed by atoms with Crippen LogP contribution in [0.3, 0.4) is 0 Å². The van der Waals surface area contributed by atoms with Gasteiger partial charge in [-0.25, -0.2) is 9.97 Å². The molecule has 0 aliphatic carbocycles. The second-order valence-electron chi connectivity index (χ2n) is 5.83. The zero-order chi connectivity index (χ0) is 17.6. The van der Waals surface area contributed by atoms with Crippen LogP contribution >= 0.6 is 0 Å². The van der Waals surface area contributed by atoms with Crippen LogP contribution in [-0.2, 0) is 16.0 Å². The number of nitrogens with one attached hydrogen (secondary N) is 1. The second-order valence-corrected chi connectivity index (χ2v) is 5.83. The number of aromatic nitrogens is 2. The Morgan fingerprint density at radius 3 is 2.28 bits per heavy atom. The smallest absolute Gasteiger partial charge is 0.313 e. The number of hydrogen-bond donors (Lipinski definition) is 1. The second kappa shape index (κ2) is 7.74. The third-order valence-electron chi connectivity index (χ3n) is 4.22. The molecule has 130 valence electrons. The number of hydrogen-bond acceptors (Lipinski definition) is 5. The first-order valence-electron chi connectivity index (χ1n) is 8.38. The van der Waals surface area contributed by atoms with E-state index in [1.807, 2.05) is 29.2 Å². The van der Waals surface area contributed by atoms with Gasteiger partial charge in [0.05, 0.1) is 0 Å². The molecule has 3 rings (SSSR count). The minimum atomic E-state index is -0.603. The summed E-state index contributed by atoms with van der Waals surface area (Å²) in [5.41, 5.74) is 1.82. The summed E-state index contributed by atoms with van der Waals surface area (Å²) < 4.78 is 0. The Bertz CT molecular complexity index is 725. The van der Waals surface area contributed by atoms with Crippen molar-refractivity contribution in [2.24, 2.45) is 0 Å². The molecule has 2 aromatic rings. The Hall–Kier alpha value is -2.96. The highest BCUT2D eigenvalue weighted by Crippen LogP contribution is 2.12. The third-order valence-corrected chi connectivity index (χ3v) is 4.22. The summed E-state index contributed by atoms with van der Waals surface area (Å²) in [5.74, 6) is -0.461. The maximum Gasteiger partial charge on any atom is 0.313 e. The minimum absolute atomic E-state index is 0.472. The van der Waals surface area contributed by atoms with Gasteiger partial charge in [0.2, 0.25) is 5.95 Å². The lowest BCUT2D eigenvalue weighted by Crippen LogP contribution is -2.52. The summed E-state index contributed by atoms with van der Waals surface area (Å²) in [5, 5.41) is 2.66. The molecule has 1 N–H and O–H groups in total. The monoisotopic (exact) mass is 339 g/mol. The number of piperazine rings is 1. The molecule has 0 saturated carbocycles. The Morgan fingerprint density at radius 1 is 1.04 bits per heavy atom. The van der Waals surface area contributed by atoms with Crippen molar-refractivity contribution < 1.29 is 9.59 Å². The van der Waals surface area contributed by atoms with Crippen molar-refractivity contribution in [2.45, 2.75) is 13.3 Å². The van der Waals surface area contributed by atoms with Crippen molar-refractivity contribution in [1.82, 2.24) is 14.9 Å². The Balaban J connectivity index is 1.53.